The minimum Gasteiger partial charge on any atom is -0.399 e. The van der Waals surface area contributed by atoms with Crippen molar-refractivity contribution in [3.05, 3.63) is 59.4 Å². The molecule has 1 atom stereocenters. The van der Waals surface area contributed by atoms with E-state index >= 15 is 0 Å². The van der Waals surface area contributed by atoms with Gasteiger partial charge in [-0.25, -0.2) is 4.39 Å². The Morgan fingerprint density at radius 2 is 1.74 bits per heavy atom. The fraction of sp³-hybridized carbons (Fsp3) is 0.200. The molecule has 0 saturated carbocycles. The zero-order chi connectivity index (χ0) is 13.8. The molecule has 100 valence electrons. The number of hydrogen-bond donors (Lipinski definition) is 1. The Balaban J connectivity index is 2.15. The van der Waals surface area contributed by atoms with Crippen LogP contribution in [-0.4, -0.2) is 4.21 Å². The van der Waals surface area contributed by atoms with Gasteiger partial charge in [-0.1, -0.05) is 31.2 Å². The minimum atomic E-state index is -1.28. The quantitative estimate of drug-likeness (QED) is 0.872. The SMILES string of the molecule is CCc1ccc(CS(=O)c2cc(N)cc(F)c2)cc1. The first-order valence-electron chi connectivity index (χ1n) is 6.10. The number of nitrogen functional groups attached to an aromatic ring is 1. The molecule has 2 aromatic rings. The Hall–Kier alpha value is -1.68. The summed E-state index contributed by atoms with van der Waals surface area (Å²) >= 11 is 0. The second kappa shape index (κ2) is 5.97. The zero-order valence-corrected chi connectivity index (χ0v) is 11.5. The summed E-state index contributed by atoms with van der Waals surface area (Å²) in [5.74, 6) is -0.0861. The van der Waals surface area contributed by atoms with E-state index in [0.717, 1.165) is 12.0 Å². The lowest BCUT2D eigenvalue weighted by Gasteiger charge is -2.05. The number of aryl methyl sites for hydroxylation is 1. The Labute approximate surface area is 114 Å². The first kappa shape index (κ1) is 13.7. The predicted molar refractivity (Wildman–Crippen MR) is 76.7 cm³/mol. The first-order valence-corrected chi connectivity index (χ1v) is 7.42. The topological polar surface area (TPSA) is 43.1 Å². The van der Waals surface area contributed by atoms with Crippen LogP contribution in [0.2, 0.25) is 0 Å². The van der Waals surface area contributed by atoms with Crippen molar-refractivity contribution in [1.29, 1.82) is 0 Å². The number of halogens is 1. The molecule has 0 aliphatic rings. The third kappa shape index (κ3) is 3.64. The Bertz CT molecular complexity index is 575. The van der Waals surface area contributed by atoms with E-state index in [4.69, 9.17) is 5.73 Å². The lowest BCUT2D eigenvalue weighted by molar-refractivity contribution is 0.623. The van der Waals surface area contributed by atoms with Crippen LogP contribution < -0.4 is 5.73 Å². The summed E-state index contributed by atoms with van der Waals surface area (Å²) in [5.41, 5.74) is 8.06. The second-order valence-electron chi connectivity index (χ2n) is 4.38. The van der Waals surface area contributed by atoms with E-state index in [0.29, 0.717) is 16.3 Å². The number of nitrogens with two attached hydrogens (primary N) is 1. The van der Waals surface area contributed by atoms with E-state index in [1.807, 2.05) is 24.3 Å². The molecule has 0 aromatic heterocycles. The van der Waals surface area contributed by atoms with Gasteiger partial charge in [-0.2, -0.15) is 0 Å². The monoisotopic (exact) mass is 277 g/mol. The van der Waals surface area contributed by atoms with E-state index < -0.39 is 16.6 Å². The summed E-state index contributed by atoms with van der Waals surface area (Å²) in [6.45, 7) is 2.09. The molecule has 0 bridgehead atoms. The van der Waals surface area contributed by atoms with Gasteiger partial charge in [-0.15, -0.1) is 0 Å². The number of hydrogen-bond acceptors (Lipinski definition) is 2. The molecule has 1 unspecified atom stereocenters. The molecule has 0 aliphatic heterocycles. The molecule has 0 fully saturated rings. The van der Waals surface area contributed by atoms with Gasteiger partial charge in [0, 0.05) is 10.6 Å². The fourth-order valence-corrected chi connectivity index (χ4v) is 3.00. The maximum atomic E-state index is 13.2. The average Bonchev–Trinajstić information content (AvgIpc) is 2.38. The van der Waals surface area contributed by atoms with Crippen molar-refractivity contribution in [3.8, 4) is 0 Å². The highest BCUT2D eigenvalue weighted by atomic mass is 32.2. The van der Waals surface area contributed by atoms with Crippen LogP contribution >= 0.6 is 0 Å². The van der Waals surface area contributed by atoms with Gasteiger partial charge in [-0.05, 0) is 35.7 Å². The third-order valence-electron chi connectivity index (χ3n) is 2.89. The van der Waals surface area contributed by atoms with E-state index in [2.05, 4.69) is 6.92 Å². The molecule has 0 amide bonds. The highest BCUT2D eigenvalue weighted by Gasteiger charge is 2.08. The van der Waals surface area contributed by atoms with Crippen LogP contribution in [0.1, 0.15) is 18.1 Å². The summed E-state index contributed by atoms with van der Waals surface area (Å²) in [6.07, 6.45) is 0.976. The van der Waals surface area contributed by atoms with E-state index in [-0.39, 0.29) is 0 Å². The van der Waals surface area contributed by atoms with Crippen LogP contribution in [0.4, 0.5) is 10.1 Å². The summed E-state index contributed by atoms with van der Waals surface area (Å²) in [7, 11) is -1.28. The van der Waals surface area contributed by atoms with Crippen molar-refractivity contribution >= 4 is 16.5 Å². The third-order valence-corrected chi connectivity index (χ3v) is 4.24. The molecule has 19 heavy (non-hydrogen) atoms. The van der Waals surface area contributed by atoms with Gasteiger partial charge >= 0.3 is 0 Å². The van der Waals surface area contributed by atoms with Gasteiger partial charge in [0.2, 0.25) is 0 Å². The van der Waals surface area contributed by atoms with Gasteiger partial charge in [0.25, 0.3) is 0 Å². The number of rotatable bonds is 4. The van der Waals surface area contributed by atoms with E-state index in [9.17, 15) is 8.60 Å². The Kier molecular flexibility index (Phi) is 4.32. The fourth-order valence-electron chi connectivity index (χ4n) is 1.82. The normalized spacial score (nSPS) is 12.3. The summed E-state index contributed by atoms with van der Waals surface area (Å²) < 4.78 is 25.4. The lowest BCUT2D eigenvalue weighted by Crippen LogP contribution is -1.99. The van der Waals surface area contributed by atoms with Gasteiger partial charge in [0.1, 0.15) is 5.82 Å². The van der Waals surface area contributed by atoms with Crippen LogP contribution in [0, 0.1) is 5.82 Å². The predicted octanol–water partition coefficient (Wildman–Crippen LogP) is 3.28. The summed E-state index contributed by atoms with van der Waals surface area (Å²) in [4.78, 5) is 0.428. The van der Waals surface area contributed by atoms with Crippen molar-refractivity contribution in [2.75, 3.05) is 5.73 Å². The van der Waals surface area contributed by atoms with Gasteiger partial charge in [0.15, 0.2) is 0 Å². The molecule has 4 heteroatoms. The summed E-state index contributed by atoms with van der Waals surface area (Å²) in [5, 5.41) is 0. The number of benzene rings is 2. The Morgan fingerprint density at radius 3 is 2.32 bits per heavy atom. The van der Waals surface area contributed by atoms with Crippen molar-refractivity contribution in [3.63, 3.8) is 0 Å². The molecule has 2 N–H and O–H groups in total. The van der Waals surface area contributed by atoms with Gasteiger partial charge in [0.05, 0.1) is 16.6 Å². The van der Waals surface area contributed by atoms with Crippen molar-refractivity contribution < 1.29 is 8.60 Å². The van der Waals surface area contributed by atoms with Gasteiger partial charge in [-0.3, -0.25) is 4.21 Å². The largest absolute Gasteiger partial charge is 0.399 e. The van der Waals surface area contributed by atoms with Crippen LogP contribution in [0.15, 0.2) is 47.4 Å². The van der Waals surface area contributed by atoms with Crippen LogP contribution in [0.25, 0.3) is 0 Å². The minimum absolute atomic E-state index is 0.296. The molecule has 0 aliphatic carbocycles. The van der Waals surface area contributed by atoms with Crippen LogP contribution in [0.3, 0.4) is 0 Å². The molecular weight excluding hydrogens is 261 g/mol. The Morgan fingerprint density at radius 1 is 1.11 bits per heavy atom. The van der Waals surface area contributed by atoms with E-state index in [1.165, 1.54) is 17.7 Å². The van der Waals surface area contributed by atoms with Gasteiger partial charge < -0.3 is 5.73 Å². The molecule has 0 radical (unpaired) electrons. The lowest BCUT2D eigenvalue weighted by atomic mass is 10.1. The molecule has 0 saturated heterocycles. The standard InChI is InChI=1S/C15H16FNOS/c1-2-11-3-5-12(6-4-11)10-19(18)15-8-13(16)7-14(17)9-15/h3-9H,2,10,17H2,1H3. The first-order chi connectivity index (χ1) is 9.08. The van der Waals surface area contributed by atoms with Crippen molar-refractivity contribution in [1.82, 2.24) is 0 Å². The van der Waals surface area contributed by atoms with Crippen LogP contribution in [0.5, 0.6) is 0 Å². The highest BCUT2D eigenvalue weighted by molar-refractivity contribution is 7.84. The molecule has 2 nitrogen and oxygen atoms in total. The molecule has 0 spiro atoms. The number of anilines is 1. The van der Waals surface area contributed by atoms with E-state index in [1.54, 1.807) is 6.07 Å². The van der Waals surface area contributed by atoms with Crippen LogP contribution in [-0.2, 0) is 23.0 Å². The summed E-state index contributed by atoms with van der Waals surface area (Å²) in [6, 6.07) is 12.0. The maximum absolute atomic E-state index is 13.2. The maximum Gasteiger partial charge on any atom is 0.126 e. The second-order valence-corrected chi connectivity index (χ2v) is 5.83. The average molecular weight is 277 g/mol. The molecular formula is C15H16FNOS. The smallest absolute Gasteiger partial charge is 0.126 e. The molecule has 2 rings (SSSR count). The molecule has 0 heterocycles. The van der Waals surface area contributed by atoms with Crippen molar-refractivity contribution in [2.45, 2.75) is 24.0 Å². The zero-order valence-electron chi connectivity index (χ0n) is 10.7. The highest BCUT2D eigenvalue weighted by Crippen LogP contribution is 2.17. The van der Waals surface area contributed by atoms with Crippen molar-refractivity contribution in [2.24, 2.45) is 0 Å². The molecule has 2 aromatic carbocycles.